The molecular weight excluding hydrogens is 328 g/mol. The van der Waals surface area contributed by atoms with E-state index in [0.29, 0.717) is 5.92 Å². The molecule has 0 radical (unpaired) electrons. The molecule has 0 aromatic heterocycles. The van der Waals surface area contributed by atoms with Crippen LogP contribution in [0.15, 0.2) is 11.6 Å². The number of aliphatic hydroxyl groups is 1. The Morgan fingerprint density at radius 3 is 2.04 bits per heavy atom. The zero-order valence-electron chi connectivity index (χ0n) is 17.9. The molecule has 24 heavy (non-hydrogen) atoms. The quantitative estimate of drug-likeness (QED) is 0.383. The molecule has 3 atom stereocenters. The van der Waals surface area contributed by atoms with Gasteiger partial charge in [-0.05, 0) is 43.5 Å². The van der Waals surface area contributed by atoms with Gasteiger partial charge in [-0.25, -0.2) is 0 Å². The highest BCUT2D eigenvalue weighted by Gasteiger charge is 2.37. The highest BCUT2D eigenvalue weighted by molar-refractivity contribution is 6.83. The molecule has 0 aromatic carbocycles. The van der Waals surface area contributed by atoms with Crippen molar-refractivity contribution in [3.05, 3.63) is 11.6 Å². The summed E-state index contributed by atoms with van der Waals surface area (Å²) in [5.41, 5.74) is 4.35. The maximum Gasteiger partial charge on any atom is 0.192 e. The van der Waals surface area contributed by atoms with E-state index in [-0.39, 0.29) is 11.0 Å². The van der Waals surface area contributed by atoms with Gasteiger partial charge in [0.25, 0.3) is 0 Å². The van der Waals surface area contributed by atoms with Gasteiger partial charge in [0.1, 0.15) is 8.07 Å². The van der Waals surface area contributed by atoms with Crippen molar-refractivity contribution >= 4 is 16.4 Å². The van der Waals surface area contributed by atoms with Gasteiger partial charge < -0.3 is 9.53 Å². The summed E-state index contributed by atoms with van der Waals surface area (Å²) in [4.78, 5) is 0. The fourth-order valence-electron chi connectivity index (χ4n) is 1.96. The van der Waals surface area contributed by atoms with E-state index in [9.17, 15) is 5.11 Å². The molecule has 0 amide bonds. The van der Waals surface area contributed by atoms with Crippen LogP contribution in [0.25, 0.3) is 0 Å². The van der Waals surface area contributed by atoms with Gasteiger partial charge in [-0.3, -0.25) is 0 Å². The lowest BCUT2D eigenvalue weighted by atomic mass is 9.96. The largest absolute Gasteiger partial charge is 0.416 e. The first kappa shape index (κ1) is 23.7. The van der Waals surface area contributed by atoms with Gasteiger partial charge in [0, 0.05) is 12.5 Å². The van der Waals surface area contributed by atoms with Crippen molar-refractivity contribution in [1.82, 2.24) is 0 Å². The lowest BCUT2D eigenvalue weighted by Crippen LogP contribution is -2.41. The van der Waals surface area contributed by atoms with Crippen molar-refractivity contribution in [3.63, 3.8) is 0 Å². The summed E-state index contributed by atoms with van der Waals surface area (Å²) in [5.74, 6) is 3.52. The molecule has 0 bridgehead atoms. The van der Waals surface area contributed by atoms with Gasteiger partial charge >= 0.3 is 0 Å². The normalized spacial score (nSPS) is 17.8. The highest BCUT2D eigenvalue weighted by atomic mass is 28.4. The Morgan fingerprint density at radius 2 is 1.62 bits per heavy atom. The Labute approximate surface area is 153 Å². The molecule has 2 nitrogen and oxygen atoms in total. The van der Waals surface area contributed by atoms with Crippen LogP contribution < -0.4 is 0 Å². The van der Waals surface area contributed by atoms with E-state index < -0.39 is 22.5 Å². The van der Waals surface area contributed by atoms with Crippen molar-refractivity contribution in [2.24, 2.45) is 11.8 Å². The molecule has 0 spiro atoms. The summed E-state index contributed by atoms with van der Waals surface area (Å²) in [6.07, 6.45) is 1.65. The molecule has 140 valence electrons. The van der Waals surface area contributed by atoms with Crippen LogP contribution in [0.1, 0.15) is 41.5 Å². The van der Waals surface area contributed by atoms with E-state index in [4.69, 9.17) is 4.43 Å². The smallest absolute Gasteiger partial charge is 0.192 e. The van der Waals surface area contributed by atoms with Crippen molar-refractivity contribution in [2.45, 2.75) is 85.4 Å². The fraction of sp³-hybridized carbons (Fsp3) is 0.800. The Balaban J connectivity index is 4.79. The monoisotopic (exact) mass is 368 g/mol. The van der Waals surface area contributed by atoms with E-state index in [1.807, 2.05) is 13.8 Å². The maximum atomic E-state index is 10.5. The summed E-state index contributed by atoms with van der Waals surface area (Å²) in [5, 5.41) is 10.7. The molecule has 4 heteroatoms. The third-order valence-electron chi connectivity index (χ3n) is 4.68. The molecule has 0 aromatic rings. The lowest BCUT2D eigenvalue weighted by Gasteiger charge is -2.36. The van der Waals surface area contributed by atoms with Crippen LogP contribution in [0.2, 0.25) is 37.8 Å². The van der Waals surface area contributed by atoms with Crippen LogP contribution >= 0.6 is 0 Å². The Hall–Kier alpha value is -0.346. The zero-order valence-corrected chi connectivity index (χ0v) is 19.9. The molecule has 0 aliphatic carbocycles. The van der Waals surface area contributed by atoms with Crippen LogP contribution in [0.4, 0.5) is 0 Å². The SMILES string of the molecule is C/C(=C\[C@@H](C)CO[Si](C)(C)C(C)(C)C)[C@H](O)[C@H](C)C#C[Si](C)(C)C. The molecular formula is C20H40O2Si2. The van der Waals surface area contributed by atoms with Crippen LogP contribution in [-0.2, 0) is 4.43 Å². The van der Waals surface area contributed by atoms with Crippen molar-refractivity contribution in [2.75, 3.05) is 6.61 Å². The van der Waals surface area contributed by atoms with E-state index in [1.54, 1.807) is 0 Å². The topological polar surface area (TPSA) is 29.5 Å². The minimum atomic E-state index is -1.71. The summed E-state index contributed by atoms with van der Waals surface area (Å²) < 4.78 is 6.28. The minimum absolute atomic E-state index is 0.0264. The van der Waals surface area contributed by atoms with Gasteiger partial charge in [-0.1, -0.05) is 53.4 Å². The molecule has 1 N–H and O–H groups in total. The minimum Gasteiger partial charge on any atom is -0.416 e. The molecule has 0 rings (SSSR count). The van der Waals surface area contributed by atoms with Crippen molar-refractivity contribution in [1.29, 1.82) is 0 Å². The molecule has 0 heterocycles. The first-order valence-corrected chi connectivity index (χ1v) is 15.5. The Kier molecular flexibility index (Phi) is 8.72. The van der Waals surface area contributed by atoms with E-state index in [1.165, 1.54) is 0 Å². The number of hydrogen-bond acceptors (Lipinski definition) is 2. The lowest BCUT2D eigenvalue weighted by molar-refractivity contribution is 0.175. The fourth-order valence-corrected chi connectivity index (χ4v) is 3.73. The zero-order chi connectivity index (χ0) is 19.3. The third kappa shape index (κ3) is 8.66. The summed E-state index contributed by atoms with van der Waals surface area (Å²) >= 11 is 0. The van der Waals surface area contributed by atoms with Crippen LogP contribution in [0.3, 0.4) is 0 Å². The maximum absolute atomic E-state index is 10.5. The summed E-state index contributed by atoms with van der Waals surface area (Å²) in [6.45, 7) is 24.9. The van der Waals surface area contributed by atoms with Crippen LogP contribution in [0.5, 0.6) is 0 Å². The molecule has 0 unspecified atom stereocenters. The standard InChI is InChI=1S/C20H40O2Si2/c1-16(15-22-24(10,11)20(4,5)6)14-18(3)19(21)17(2)12-13-23(7,8)9/h14,16-17,19,21H,15H2,1-11H3/b18-14+/t16-,17-,19-/m1/s1. The van der Waals surface area contributed by atoms with Gasteiger partial charge in [-0.15, -0.1) is 11.5 Å². The third-order valence-corrected chi connectivity index (χ3v) is 10.1. The second-order valence-electron chi connectivity index (χ2n) is 9.71. The highest BCUT2D eigenvalue weighted by Crippen LogP contribution is 2.36. The summed E-state index contributed by atoms with van der Waals surface area (Å²) in [6, 6.07) is 0. The summed E-state index contributed by atoms with van der Waals surface area (Å²) in [7, 11) is -3.10. The Morgan fingerprint density at radius 1 is 1.12 bits per heavy atom. The predicted molar refractivity (Wildman–Crippen MR) is 112 cm³/mol. The second kappa shape index (κ2) is 8.85. The Bertz CT molecular complexity index is 484. The van der Waals surface area contributed by atoms with Crippen molar-refractivity contribution in [3.8, 4) is 11.5 Å². The van der Waals surface area contributed by atoms with Gasteiger partial charge in [-0.2, -0.15) is 0 Å². The van der Waals surface area contributed by atoms with E-state index in [2.05, 4.69) is 78.0 Å². The van der Waals surface area contributed by atoms with Crippen LogP contribution in [0, 0.1) is 23.3 Å². The number of aliphatic hydroxyl groups excluding tert-OH is 1. The van der Waals surface area contributed by atoms with Gasteiger partial charge in [0.2, 0.25) is 0 Å². The van der Waals surface area contributed by atoms with Crippen LogP contribution in [-0.4, -0.2) is 34.2 Å². The number of hydrogen-bond donors (Lipinski definition) is 1. The molecule has 0 saturated carbocycles. The molecule has 0 aliphatic heterocycles. The van der Waals surface area contributed by atoms with E-state index >= 15 is 0 Å². The first-order chi connectivity index (χ1) is 10.6. The predicted octanol–water partition coefficient (Wildman–Crippen LogP) is 5.47. The van der Waals surface area contributed by atoms with Crippen molar-refractivity contribution < 1.29 is 9.53 Å². The molecule has 0 saturated heterocycles. The van der Waals surface area contributed by atoms with E-state index in [0.717, 1.165) is 12.2 Å². The molecule has 0 fully saturated rings. The number of rotatable bonds is 6. The average molecular weight is 369 g/mol. The van der Waals surface area contributed by atoms with Gasteiger partial charge in [0.15, 0.2) is 8.32 Å². The second-order valence-corrected chi connectivity index (χ2v) is 19.3. The first-order valence-electron chi connectivity index (χ1n) is 9.10. The molecule has 0 aliphatic rings. The van der Waals surface area contributed by atoms with Gasteiger partial charge in [0.05, 0.1) is 6.10 Å². The average Bonchev–Trinajstić information content (AvgIpc) is 2.39.